The molecule has 4 aromatic carbocycles. The lowest BCUT2D eigenvalue weighted by molar-refractivity contribution is -0.115. The van der Waals surface area contributed by atoms with E-state index in [-0.39, 0.29) is 11.8 Å². The molecule has 156 valence electrons. The predicted molar refractivity (Wildman–Crippen MR) is 132 cm³/mol. The van der Waals surface area contributed by atoms with E-state index in [2.05, 4.69) is 58.3 Å². The molecule has 0 aromatic heterocycles. The van der Waals surface area contributed by atoms with Crippen LogP contribution in [0.15, 0.2) is 133 Å². The summed E-state index contributed by atoms with van der Waals surface area (Å²) in [6.07, 6.45) is 3.76. The first-order valence-corrected chi connectivity index (χ1v) is 10.8. The fourth-order valence-corrected chi connectivity index (χ4v) is 4.39. The van der Waals surface area contributed by atoms with Gasteiger partial charge in [0.25, 0.3) is 0 Å². The van der Waals surface area contributed by atoms with Crippen molar-refractivity contribution in [1.82, 2.24) is 0 Å². The summed E-state index contributed by atoms with van der Waals surface area (Å²) < 4.78 is 0. The second-order valence-electron chi connectivity index (χ2n) is 7.78. The Morgan fingerprint density at radius 2 is 0.812 bits per heavy atom. The number of ketones is 1. The maximum Gasteiger partial charge on any atom is 0.180 e. The highest BCUT2D eigenvalue weighted by molar-refractivity contribution is 6.02. The molecule has 0 fully saturated rings. The van der Waals surface area contributed by atoms with Crippen molar-refractivity contribution in [3.63, 3.8) is 0 Å². The molecule has 0 radical (unpaired) electrons. The summed E-state index contributed by atoms with van der Waals surface area (Å²) in [6.45, 7) is 0. The molecule has 3 nitrogen and oxygen atoms in total. The van der Waals surface area contributed by atoms with Gasteiger partial charge in [0.15, 0.2) is 5.78 Å². The van der Waals surface area contributed by atoms with E-state index in [1.54, 1.807) is 6.08 Å². The van der Waals surface area contributed by atoms with Crippen LogP contribution >= 0.6 is 0 Å². The van der Waals surface area contributed by atoms with Crippen LogP contribution in [0.2, 0.25) is 0 Å². The van der Waals surface area contributed by atoms with Crippen molar-refractivity contribution >= 4 is 28.5 Å². The quantitative estimate of drug-likeness (QED) is 0.357. The summed E-state index contributed by atoms with van der Waals surface area (Å²) in [7, 11) is 0. The molecule has 5 rings (SSSR count). The van der Waals surface area contributed by atoms with Crippen LogP contribution in [0.4, 0.5) is 22.7 Å². The third-order valence-corrected chi connectivity index (χ3v) is 5.79. The van der Waals surface area contributed by atoms with Crippen molar-refractivity contribution in [1.29, 1.82) is 0 Å². The Morgan fingerprint density at radius 3 is 1.19 bits per heavy atom. The molecule has 0 saturated heterocycles. The first kappa shape index (κ1) is 19.8. The largest absolute Gasteiger partial charge is 0.332 e. The van der Waals surface area contributed by atoms with E-state index in [0.717, 1.165) is 22.7 Å². The molecular weight excluding hydrogens is 392 g/mol. The van der Waals surface area contributed by atoms with E-state index in [1.807, 2.05) is 78.9 Å². The molecule has 0 amide bonds. The lowest BCUT2D eigenvalue weighted by Gasteiger charge is -2.40. The van der Waals surface area contributed by atoms with Crippen LogP contribution < -0.4 is 9.80 Å². The molecule has 0 heterocycles. The molecular formula is C29H24N2O. The van der Waals surface area contributed by atoms with Gasteiger partial charge in [-0.15, -0.1) is 0 Å². The highest BCUT2D eigenvalue weighted by Crippen LogP contribution is 2.37. The number of anilines is 4. The lowest BCUT2D eigenvalue weighted by atomic mass is 10.0. The molecule has 3 heteroatoms. The van der Waals surface area contributed by atoms with Gasteiger partial charge >= 0.3 is 0 Å². The topological polar surface area (TPSA) is 23.6 Å². The highest BCUT2D eigenvalue weighted by Gasteiger charge is 2.40. The van der Waals surface area contributed by atoms with E-state index in [1.165, 1.54) is 0 Å². The molecule has 0 aliphatic heterocycles. The number of rotatable bonds is 6. The van der Waals surface area contributed by atoms with Crippen LogP contribution in [0.5, 0.6) is 0 Å². The lowest BCUT2D eigenvalue weighted by Crippen LogP contribution is -2.49. The summed E-state index contributed by atoms with van der Waals surface area (Å²) in [5.74, 6) is 0.0968. The summed E-state index contributed by atoms with van der Waals surface area (Å²) >= 11 is 0. The number of para-hydroxylation sites is 4. The van der Waals surface area contributed by atoms with Crippen LogP contribution in [-0.4, -0.2) is 17.9 Å². The van der Waals surface area contributed by atoms with Gasteiger partial charge in [-0.1, -0.05) is 78.9 Å². The second-order valence-corrected chi connectivity index (χ2v) is 7.78. The number of carbonyl (C=O) groups excluding carboxylic acids is 1. The average Bonchev–Trinajstić information content (AvgIpc) is 3.23. The standard InChI is InChI=1S/C29H24N2O/c32-28-22-21-27(30(23-13-5-1-6-14-23)24-15-7-2-8-16-24)29(28)31(25-17-9-3-10-18-25)26-19-11-4-12-20-26/h1-22,27,29H. The Morgan fingerprint density at radius 1 is 0.469 bits per heavy atom. The zero-order chi connectivity index (χ0) is 21.8. The van der Waals surface area contributed by atoms with E-state index < -0.39 is 6.04 Å². The molecule has 2 atom stereocenters. The monoisotopic (exact) mass is 416 g/mol. The molecule has 2 unspecified atom stereocenters. The summed E-state index contributed by atoms with van der Waals surface area (Å²) in [6, 6.07) is 40.3. The second kappa shape index (κ2) is 8.94. The fraction of sp³-hybridized carbons (Fsp3) is 0.0690. The summed E-state index contributed by atoms with van der Waals surface area (Å²) in [4.78, 5) is 17.8. The van der Waals surface area contributed by atoms with Gasteiger partial charge in [-0.2, -0.15) is 0 Å². The molecule has 1 aliphatic rings. The minimum Gasteiger partial charge on any atom is -0.332 e. The Bertz CT molecular complexity index is 1110. The Labute approximate surface area is 188 Å². The van der Waals surface area contributed by atoms with Gasteiger partial charge in [0, 0.05) is 22.7 Å². The molecule has 0 spiro atoms. The van der Waals surface area contributed by atoms with Gasteiger partial charge in [0.1, 0.15) is 6.04 Å². The first-order valence-electron chi connectivity index (χ1n) is 10.8. The summed E-state index contributed by atoms with van der Waals surface area (Å²) in [5.41, 5.74) is 4.09. The van der Waals surface area contributed by atoms with Crippen LogP contribution in [0.3, 0.4) is 0 Å². The molecule has 0 bridgehead atoms. The number of nitrogens with zero attached hydrogens (tertiary/aromatic N) is 2. The maximum atomic E-state index is 13.4. The van der Waals surface area contributed by atoms with E-state index >= 15 is 0 Å². The van der Waals surface area contributed by atoms with Gasteiger partial charge in [-0.3, -0.25) is 4.79 Å². The third-order valence-electron chi connectivity index (χ3n) is 5.79. The van der Waals surface area contributed by atoms with Crippen molar-refractivity contribution in [2.75, 3.05) is 9.80 Å². The van der Waals surface area contributed by atoms with Gasteiger partial charge in [-0.05, 0) is 54.6 Å². The Balaban J connectivity index is 1.65. The summed E-state index contributed by atoms with van der Waals surface area (Å²) in [5, 5.41) is 0. The molecule has 32 heavy (non-hydrogen) atoms. The van der Waals surface area contributed by atoms with E-state index in [9.17, 15) is 4.79 Å². The maximum absolute atomic E-state index is 13.4. The zero-order valence-electron chi connectivity index (χ0n) is 17.7. The number of benzene rings is 4. The van der Waals surface area contributed by atoms with Crippen LogP contribution in [0.1, 0.15) is 0 Å². The van der Waals surface area contributed by atoms with Gasteiger partial charge in [0.05, 0.1) is 6.04 Å². The van der Waals surface area contributed by atoms with Crippen molar-refractivity contribution in [2.24, 2.45) is 0 Å². The minimum atomic E-state index is -0.403. The van der Waals surface area contributed by atoms with E-state index in [4.69, 9.17) is 0 Å². The Kier molecular flexibility index (Phi) is 5.54. The molecule has 1 aliphatic carbocycles. The van der Waals surface area contributed by atoms with Crippen LogP contribution in [-0.2, 0) is 4.79 Å². The Hall–Kier alpha value is -4.11. The van der Waals surface area contributed by atoms with Crippen molar-refractivity contribution in [3.8, 4) is 0 Å². The first-order chi connectivity index (χ1) is 15.8. The smallest absolute Gasteiger partial charge is 0.180 e. The molecule has 4 aromatic rings. The van der Waals surface area contributed by atoms with Crippen LogP contribution in [0.25, 0.3) is 0 Å². The minimum absolute atomic E-state index is 0.0968. The highest BCUT2D eigenvalue weighted by atomic mass is 16.1. The molecule has 0 N–H and O–H groups in total. The number of carbonyl (C=O) groups is 1. The van der Waals surface area contributed by atoms with Gasteiger partial charge < -0.3 is 9.80 Å². The third kappa shape index (κ3) is 3.81. The average molecular weight is 417 g/mol. The fourth-order valence-electron chi connectivity index (χ4n) is 4.39. The van der Waals surface area contributed by atoms with Gasteiger partial charge in [-0.25, -0.2) is 0 Å². The van der Waals surface area contributed by atoms with Crippen molar-refractivity contribution in [3.05, 3.63) is 133 Å². The SMILES string of the molecule is O=C1C=CC(N(c2ccccc2)c2ccccc2)C1N(c1ccccc1)c1ccccc1. The van der Waals surface area contributed by atoms with Crippen molar-refractivity contribution in [2.45, 2.75) is 12.1 Å². The van der Waals surface area contributed by atoms with Crippen LogP contribution in [0, 0.1) is 0 Å². The zero-order valence-corrected chi connectivity index (χ0v) is 17.7. The van der Waals surface area contributed by atoms with E-state index in [0.29, 0.717) is 0 Å². The van der Waals surface area contributed by atoms with Gasteiger partial charge in [0.2, 0.25) is 0 Å². The number of hydrogen-bond donors (Lipinski definition) is 0. The normalized spacial score (nSPS) is 17.3. The number of hydrogen-bond acceptors (Lipinski definition) is 3. The predicted octanol–water partition coefficient (Wildman–Crippen LogP) is 6.54. The molecule has 0 saturated carbocycles. The van der Waals surface area contributed by atoms with Crippen molar-refractivity contribution < 1.29 is 4.79 Å².